The molecule has 130 valence electrons. The van der Waals surface area contributed by atoms with E-state index in [1.165, 1.54) is 4.68 Å². The van der Waals surface area contributed by atoms with Crippen LogP contribution in [0.2, 0.25) is 0 Å². The van der Waals surface area contributed by atoms with Crippen molar-refractivity contribution in [3.63, 3.8) is 0 Å². The third-order valence-corrected chi connectivity index (χ3v) is 4.47. The summed E-state index contributed by atoms with van der Waals surface area (Å²) in [7, 11) is 1.77. The van der Waals surface area contributed by atoms with Gasteiger partial charge >= 0.3 is 0 Å². The first-order chi connectivity index (χ1) is 12.0. The molecule has 8 nitrogen and oxygen atoms in total. The summed E-state index contributed by atoms with van der Waals surface area (Å²) in [5.41, 5.74) is 1.38. The van der Waals surface area contributed by atoms with E-state index in [2.05, 4.69) is 15.5 Å². The van der Waals surface area contributed by atoms with Crippen molar-refractivity contribution in [2.24, 2.45) is 7.05 Å². The van der Waals surface area contributed by atoms with Crippen molar-refractivity contribution >= 4 is 23.4 Å². The van der Waals surface area contributed by atoms with Gasteiger partial charge in [-0.1, -0.05) is 30.0 Å². The number of carbonyl (C=O) groups is 1. The molecule has 3 aromatic rings. The van der Waals surface area contributed by atoms with Gasteiger partial charge in [-0.15, -0.1) is 10.2 Å². The lowest BCUT2D eigenvalue weighted by molar-refractivity contribution is -0.113. The quantitative estimate of drug-likeness (QED) is 0.699. The van der Waals surface area contributed by atoms with Gasteiger partial charge in [0, 0.05) is 14.0 Å². The molecule has 1 N–H and O–H groups in total. The Bertz CT molecular complexity index is 958. The Morgan fingerprint density at radius 3 is 2.60 bits per heavy atom. The van der Waals surface area contributed by atoms with Crippen LogP contribution in [-0.4, -0.2) is 31.2 Å². The molecular formula is C16H17N5O3S. The Hall–Kier alpha value is -2.81. The Morgan fingerprint density at radius 1 is 1.24 bits per heavy atom. The van der Waals surface area contributed by atoms with Crippen LogP contribution in [0.1, 0.15) is 11.6 Å². The number of thioether (sulfide) groups is 1. The maximum Gasteiger partial charge on any atom is 0.295 e. The third kappa shape index (κ3) is 3.50. The van der Waals surface area contributed by atoms with E-state index in [4.69, 9.17) is 4.42 Å². The molecule has 0 aliphatic rings. The van der Waals surface area contributed by atoms with E-state index in [9.17, 15) is 9.59 Å². The summed E-state index contributed by atoms with van der Waals surface area (Å²) in [6.45, 7) is 3.46. The molecule has 2 heterocycles. The summed E-state index contributed by atoms with van der Waals surface area (Å²) in [6, 6.07) is 9.25. The number of hydrogen-bond donors (Lipinski definition) is 1. The molecule has 0 spiro atoms. The second-order valence-corrected chi connectivity index (χ2v) is 6.29. The van der Waals surface area contributed by atoms with Crippen LogP contribution in [0.25, 0.3) is 5.69 Å². The first kappa shape index (κ1) is 17.0. The average molecular weight is 359 g/mol. The van der Waals surface area contributed by atoms with Crippen LogP contribution in [0.15, 0.2) is 44.8 Å². The number of rotatable bonds is 5. The van der Waals surface area contributed by atoms with E-state index in [0.717, 1.165) is 17.4 Å². The van der Waals surface area contributed by atoms with E-state index in [1.807, 2.05) is 30.3 Å². The van der Waals surface area contributed by atoms with E-state index < -0.39 is 0 Å². The van der Waals surface area contributed by atoms with Gasteiger partial charge in [-0.25, -0.2) is 4.68 Å². The van der Waals surface area contributed by atoms with Crippen molar-refractivity contribution in [1.82, 2.24) is 19.6 Å². The second kappa shape index (κ2) is 6.98. The molecule has 9 heteroatoms. The van der Waals surface area contributed by atoms with Gasteiger partial charge in [0.1, 0.15) is 5.69 Å². The Labute approximate surface area is 147 Å². The number of amides is 1. The van der Waals surface area contributed by atoms with Gasteiger partial charge in [0.25, 0.3) is 10.8 Å². The third-order valence-electron chi connectivity index (χ3n) is 3.65. The number of aromatic nitrogens is 4. The first-order valence-corrected chi connectivity index (χ1v) is 8.52. The number of nitrogens with one attached hydrogen (secondary N) is 1. The summed E-state index contributed by atoms with van der Waals surface area (Å²) in [6.07, 6.45) is 0. The van der Waals surface area contributed by atoms with Gasteiger partial charge in [-0.05, 0) is 19.1 Å². The maximum absolute atomic E-state index is 12.7. The van der Waals surface area contributed by atoms with Crippen LogP contribution in [0, 0.1) is 13.8 Å². The summed E-state index contributed by atoms with van der Waals surface area (Å²) in [5, 5.41) is 10.5. The maximum atomic E-state index is 12.7. The van der Waals surface area contributed by atoms with E-state index in [0.29, 0.717) is 16.8 Å². The zero-order valence-electron chi connectivity index (χ0n) is 14.0. The number of para-hydroxylation sites is 1. The summed E-state index contributed by atoms with van der Waals surface area (Å²) < 4.78 is 8.43. The van der Waals surface area contributed by atoms with Crippen LogP contribution >= 0.6 is 11.8 Å². The largest absolute Gasteiger partial charge is 0.416 e. The molecule has 25 heavy (non-hydrogen) atoms. The standard InChI is InChI=1S/C16H17N5O3S/c1-10-14(17-13(22)9-25-16-19-18-11(2)24-16)15(23)21(20(10)3)12-7-5-4-6-8-12/h4-8H,9H2,1-3H3,(H,17,22). The monoisotopic (exact) mass is 359 g/mol. The highest BCUT2D eigenvalue weighted by atomic mass is 32.2. The first-order valence-electron chi connectivity index (χ1n) is 7.54. The van der Waals surface area contributed by atoms with Crippen molar-refractivity contribution in [1.29, 1.82) is 0 Å². The van der Waals surface area contributed by atoms with E-state index in [1.54, 1.807) is 25.6 Å². The molecule has 1 amide bonds. The lowest BCUT2D eigenvalue weighted by Gasteiger charge is -2.07. The number of hydrogen-bond acceptors (Lipinski definition) is 6. The predicted molar refractivity (Wildman–Crippen MR) is 94.1 cm³/mol. The highest BCUT2D eigenvalue weighted by molar-refractivity contribution is 7.99. The summed E-state index contributed by atoms with van der Waals surface area (Å²) in [4.78, 5) is 24.9. The minimum atomic E-state index is -0.313. The molecule has 0 atom stereocenters. The van der Waals surface area contributed by atoms with Crippen LogP contribution in [0.5, 0.6) is 0 Å². The molecule has 0 unspecified atom stereocenters. The number of carbonyl (C=O) groups excluding carboxylic acids is 1. The molecule has 0 fully saturated rings. The number of aryl methyl sites for hydroxylation is 1. The zero-order valence-corrected chi connectivity index (χ0v) is 14.8. The van der Waals surface area contributed by atoms with Crippen molar-refractivity contribution < 1.29 is 9.21 Å². The van der Waals surface area contributed by atoms with Crippen LogP contribution in [0.3, 0.4) is 0 Å². The van der Waals surface area contributed by atoms with Gasteiger partial charge < -0.3 is 9.73 Å². The molecule has 0 saturated heterocycles. The lowest BCUT2D eigenvalue weighted by Crippen LogP contribution is -2.23. The fourth-order valence-corrected chi connectivity index (χ4v) is 2.96. The SMILES string of the molecule is Cc1nnc(SCC(=O)Nc2c(C)n(C)n(-c3ccccc3)c2=O)o1. The molecule has 0 radical (unpaired) electrons. The smallest absolute Gasteiger partial charge is 0.295 e. The zero-order chi connectivity index (χ0) is 18.0. The van der Waals surface area contributed by atoms with Gasteiger partial charge in [-0.2, -0.15) is 0 Å². The second-order valence-electron chi connectivity index (χ2n) is 5.36. The van der Waals surface area contributed by atoms with Gasteiger partial charge in [0.05, 0.1) is 17.1 Å². The number of benzene rings is 1. The van der Waals surface area contributed by atoms with Crippen LogP contribution < -0.4 is 10.9 Å². The normalized spacial score (nSPS) is 10.8. The Morgan fingerprint density at radius 2 is 1.96 bits per heavy atom. The molecule has 0 aliphatic heterocycles. The van der Waals surface area contributed by atoms with Gasteiger partial charge in [0.15, 0.2) is 0 Å². The Balaban J connectivity index is 1.79. The highest BCUT2D eigenvalue weighted by Gasteiger charge is 2.18. The summed E-state index contributed by atoms with van der Waals surface area (Å²) in [5.74, 6) is 0.195. The molecule has 0 saturated carbocycles. The minimum absolute atomic E-state index is 0.0702. The van der Waals surface area contributed by atoms with Gasteiger partial charge in [0.2, 0.25) is 11.8 Å². The molecule has 2 aromatic heterocycles. The van der Waals surface area contributed by atoms with Crippen LogP contribution in [-0.2, 0) is 11.8 Å². The molecule has 1 aromatic carbocycles. The van der Waals surface area contributed by atoms with Crippen molar-refractivity contribution in [3.05, 3.63) is 52.3 Å². The van der Waals surface area contributed by atoms with Crippen molar-refractivity contribution in [2.45, 2.75) is 19.1 Å². The number of nitrogens with zero attached hydrogens (tertiary/aromatic N) is 4. The number of anilines is 1. The average Bonchev–Trinajstić information content (AvgIpc) is 3.11. The molecule has 0 bridgehead atoms. The fourth-order valence-electron chi connectivity index (χ4n) is 2.35. The topological polar surface area (TPSA) is 95.0 Å². The van der Waals surface area contributed by atoms with Crippen molar-refractivity contribution in [3.8, 4) is 5.69 Å². The summed E-state index contributed by atoms with van der Waals surface area (Å²) >= 11 is 1.12. The Kier molecular flexibility index (Phi) is 4.75. The lowest BCUT2D eigenvalue weighted by atomic mass is 10.3. The molecular weight excluding hydrogens is 342 g/mol. The predicted octanol–water partition coefficient (Wildman–Crippen LogP) is 1.91. The van der Waals surface area contributed by atoms with E-state index in [-0.39, 0.29) is 22.9 Å². The minimum Gasteiger partial charge on any atom is -0.416 e. The van der Waals surface area contributed by atoms with Crippen LogP contribution in [0.4, 0.5) is 5.69 Å². The van der Waals surface area contributed by atoms with Crippen molar-refractivity contribution in [2.75, 3.05) is 11.1 Å². The fraction of sp³-hybridized carbons (Fsp3) is 0.250. The highest BCUT2D eigenvalue weighted by Crippen LogP contribution is 2.17. The van der Waals surface area contributed by atoms with E-state index >= 15 is 0 Å². The molecule has 0 aliphatic carbocycles. The molecule has 3 rings (SSSR count). The van der Waals surface area contributed by atoms with Gasteiger partial charge in [-0.3, -0.25) is 14.3 Å².